The van der Waals surface area contributed by atoms with Crippen LogP contribution in [0.25, 0.3) is 15.9 Å². The number of hydrogen-bond acceptors (Lipinski definition) is 7. The molecule has 5 rings (SSSR count). The zero-order valence-corrected chi connectivity index (χ0v) is 20.7. The highest BCUT2D eigenvalue weighted by molar-refractivity contribution is 7.99. The summed E-state index contributed by atoms with van der Waals surface area (Å²) in [6.07, 6.45) is 4.66. The van der Waals surface area contributed by atoms with E-state index in [4.69, 9.17) is 9.72 Å². The fraction of sp³-hybridized carbons (Fsp3) is 0.417. The number of carbonyl (C=O) groups excluding carboxylic acids is 1. The van der Waals surface area contributed by atoms with E-state index in [2.05, 4.69) is 33.8 Å². The highest BCUT2D eigenvalue weighted by atomic mass is 32.2. The van der Waals surface area contributed by atoms with Gasteiger partial charge in [0.1, 0.15) is 16.4 Å². The second-order valence-corrected chi connectivity index (χ2v) is 10.6. The molecule has 4 aromatic rings. The van der Waals surface area contributed by atoms with Crippen molar-refractivity contribution in [3.63, 3.8) is 0 Å². The Morgan fingerprint density at radius 3 is 2.76 bits per heavy atom. The van der Waals surface area contributed by atoms with E-state index in [-0.39, 0.29) is 17.6 Å². The standard InChI is InChI=1S/C24H27N5O2S2/c1-14(2)21-26-23-20(17-6-4-5-7-18(17)33-23)22-27-28-24(29(21)22)32-13-19(30)25-12-15-8-10-16(31-3)11-9-15/h8-11,14H,4-7,12-13H2,1-3H3,(H,25,30). The van der Waals surface area contributed by atoms with Crippen molar-refractivity contribution in [2.24, 2.45) is 0 Å². The molecule has 172 valence electrons. The molecule has 0 saturated heterocycles. The number of benzene rings is 1. The predicted molar refractivity (Wildman–Crippen MR) is 132 cm³/mol. The lowest BCUT2D eigenvalue weighted by Crippen LogP contribution is -2.24. The van der Waals surface area contributed by atoms with Gasteiger partial charge in [0.15, 0.2) is 10.8 Å². The molecule has 0 saturated carbocycles. The predicted octanol–water partition coefficient (Wildman–Crippen LogP) is 4.76. The van der Waals surface area contributed by atoms with Crippen molar-refractivity contribution in [2.75, 3.05) is 12.9 Å². The third kappa shape index (κ3) is 4.31. The fourth-order valence-corrected chi connectivity index (χ4v) is 6.29. The van der Waals surface area contributed by atoms with Crippen LogP contribution in [0.4, 0.5) is 0 Å². The van der Waals surface area contributed by atoms with Crippen molar-refractivity contribution in [2.45, 2.75) is 57.1 Å². The molecule has 0 spiro atoms. The first kappa shape index (κ1) is 22.2. The van der Waals surface area contributed by atoms with E-state index in [1.807, 2.05) is 35.6 Å². The minimum atomic E-state index is -0.0411. The van der Waals surface area contributed by atoms with Gasteiger partial charge in [0.05, 0.1) is 18.2 Å². The summed E-state index contributed by atoms with van der Waals surface area (Å²) >= 11 is 3.22. The lowest BCUT2D eigenvalue weighted by Gasteiger charge is -2.12. The fourth-order valence-electron chi connectivity index (χ4n) is 4.26. The Bertz CT molecular complexity index is 1310. The van der Waals surface area contributed by atoms with Gasteiger partial charge in [0.2, 0.25) is 5.91 Å². The maximum atomic E-state index is 12.5. The zero-order chi connectivity index (χ0) is 22.9. The molecular weight excluding hydrogens is 454 g/mol. The molecular formula is C24H27N5O2S2. The number of nitrogens with one attached hydrogen (secondary N) is 1. The summed E-state index contributed by atoms with van der Waals surface area (Å²) in [6.45, 7) is 4.75. The van der Waals surface area contributed by atoms with Gasteiger partial charge in [-0.1, -0.05) is 37.7 Å². The third-order valence-corrected chi connectivity index (χ3v) is 8.07. The number of aryl methyl sites for hydroxylation is 2. The topological polar surface area (TPSA) is 81.4 Å². The van der Waals surface area contributed by atoms with Crippen molar-refractivity contribution in [1.29, 1.82) is 0 Å². The van der Waals surface area contributed by atoms with Gasteiger partial charge in [-0.05, 0) is 48.9 Å². The van der Waals surface area contributed by atoms with Gasteiger partial charge in [0.25, 0.3) is 0 Å². The third-order valence-electron chi connectivity index (χ3n) is 5.95. The molecule has 0 atom stereocenters. The van der Waals surface area contributed by atoms with Gasteiger partial charge in [-0.2, -0.15) is 0 Å². The number of thioether (sulfide) groups is 1. The number of aromatic nitrogens is 4. The molecule has 1 aromatic carbocycles. The maximum Gasteiger partial charge on any atom is 0.230 e. The molecule has 9 heteroatoms. The smallest absolute Gasteiger partial charge is 0.230 e. The number of methoxy groups -OCH3 is 1. The Labute approximate surface area is 201 Å². The molecule has 1 aliphatic rings. The van der Waals surface area contributed by atoms with Crippen LogP contribution in [0.5, 0.6) is 5.75 Å². The van der Waals surface area contributed by atoms with Crippen LogP contribution in [-0.2, 0) is 24.2 Å². The summed E-state index contributed by atoms with van der Waals surface area (Å²) in [6, 6.07) is 7.68. The zero-order valence-electron chi connectivity index (χ0n) is 19.1. The van der Waals surface area contributed by atoms with Crippen molar-refractivity contribution in [1.82, 2.24) is 24.9 Å². The summed E-state index contributed by atoms with van der Waals surface area (Å²) in [7, 11) is 1.64. The number of ether oxygens (including phenoxy) is 1. The van der Waals surface area contributed by atoms with Crippen molar-refractivity contribution in [3.8, 4) is 5.75 Å². The number of nitrogens with zero attached hydrogens (tertiary/aromatic N) is 4. The van der Waals surface area contributed by atoms with E-state index in [9.17, 15) is 4.79 Å². The van der Waals surface area contributed by atoms with E-state index in [1.165, 1.54) is 35.0 Å². The van der Waals surface area contributed by atoms with Crippen LogP contribution in [0.1, 0.15) is 54.4 Å². The number of thiophene rings is 1. The van der Waals surface area contributed by atoms with Gasteiger partial charge >= 0.3 is 0 Å². The lowest BCUT2D eigenvalue weighted by molar-refractivity contribution is -0.118. The van der Waals surface area contributed by atoms with Gasteiger partial charge < -0.3 is 10.1 Å². The SMILES string of the molecule is COc1ccc(CNC(=O)CSc2nnc3c4c5c(sc4nc(C(C)C)n23)CCCC5)cc1. The largest absolute Gasteiger partial charge is 0.497 e. The van der Waals surface area contributed by atoms with Crippen LogP contribution < -0.4 is 10.1 Å². The summed E-state index contributed by atoms with van der Waals surface area (Å²) in [5, 5.41) is 13.9. The molecule has 1 N–H and O–H groups in total. The number of rotatable bonds is 7. The first-order chi connectivity index (χ1) is 16.0. The maximum absolute atomic E-state index is 12.5. The second kappa shape index (κ2) is 9.30. The van der Waals surface area contributed by atoms with Gasteiger partial charge in [-0.3, -0.25) is 9.20 Å². The van der Waals surface area contributed by atoms with Crippen LogP contribution >= 0.6 is 23.1 Å². The summed E-state index contributed by atoms with van der Waals surface area (Å²) in [5.74, 6) is 2.20. The van der Waals surface area contributed by atoms with E-state index < -0.39 is 0 Å². The molecule has 3 aromatic heterocycles. The number of amides is 1. The minimum absolute atomic E-state index is 0.0411. The Balaban J connectivity index is 1.37. The first-order valence-electron chi connectivity index (χ1n) is 11.3. The van der Waals surface area contributed by atoms with Gasteiger partial charge in [-0.15, -0.1) is 21.5 Å². The highest BCUT2D eigenvalue weighted by Crippen LogP contribution is 2.39. The molecule has 0 fully saturated rings. The molecule has 0 bridgehead atoms. The van der Waals surface area contributed by atoms with E-state index in [0.717, 1.165) is 51.0 Å². The molecule has 1 aliphatic carbocycles. The Morgan fingerprint density at radius 1 is 1.21 bits per heavy atom. The molecule has 1 amide bonds. The van der Waals surface area contributed by atoms with Crippen LogP contribution in [0.15, 0.2) is 29.4 Å². The molecule has 0 unspecified atom stereocenters. The Morgan fingerprint density at radius 2 is 2.00 bits per heavy atom. The van der Waals surface area contributed by atoms with Crippen LogP contribution in [-0.4, -0.2) is 38.4 Å². The van der Waals surface area contributed by atoms with E-state index >= 15 is 0 Å². The number of fused-ring (bicyclic) bond motifs is 5. The minimum Gasteiger partial charge on any atom is -0.497 e. The summed E-state index contributed by atoms with van der Waals surface area (Å²) in [4.78, 5) is 20.1. The average Bonchev–Trinajstić information content (AvgIpc) is 3.42. The van der Waals surface area contributed by atoms with E-state index in [1.54, 1.807) is 7.11 Å². The molecule has 0 aliphatic heterocycles. The Kier molecular flexibility index (Phi) is 6.25. The van der Waals surface area contributed by atoms with Crippen LogP contribution in [0.2, 0.25) is 0 Å². The van der Waals surface area contributed by atoms with Gasteiger partial charge in [-0.25, -0.2) is 4.98 Å². The summed E-state index contributed by atoms with van der Waals surface area (Å²) in [5.41, 5.74) is 3.30. The normalized spacial score (nSPS) is 13.6. The van der Waals surface area contributed by atoms with E-state index in [0.29, 0.717) is 6.54 Å². The highest BCUT2D eigenvalue weighted by Gasteiger charge is 2.24. The van der Waals surface area contributed by atoms with Crippen molar-refractivity contribution >= 4 is 44.9 Å². The summed E-state index contributed by atoms with van der Waals surface area (Å²) < 4.78 is 7.24. The lowest BCUT2D eigenvalue weighted by atomic mass is 9.97. The number of carbonyl (C=O) groups is 1. The van der Waals surface area contributed by atoms with Crippen molar-refractivity contribution < 1.29 is 9.53 Å². The van der Waals surface area contributed by atoms with Crippen LogP contribution in [0, 0.1) is 0 Å². The molecule has 0 radical (unpaired) electrons. The molecule has 7 nitrogen and oxygen atoms in total. The molecule has 3 heterocycles. The second-order valence-electron chi connectivity index (χ2n) is 8.57. The quantitative estimate of drug-likeness (QED) is 0.383. The van der Waals surface area contributed by atoms with Gasteiger partial charge in [0, 0.05) is 17.3 Å². The van der Waals surface area contributed by atoms with Crippen LogP contribution in [0.3, 0.4) is 0 Å². The number of hydrogen-bond donors (Lipinski definition) is 1. The van der Waals surface area contributed by atoms with Crippen molar-refractivity contribution in [3.05, 3.63) is 46.1 Å². The molecule has 33 heavy (non-hydrogen) atoms. The monoisotopic (exact) mass is 481 g/mol. The average molecular weight is 482 g/mol. The Hall–Kier alpha value is -2.65. The first-order valence-corrected chi connectivity index (χ1v) is 13.1.